The van der Waals surface area contributed by atoms with Crippen LogP contribution < -0.4 is 10.9 Å². The van der Waals surface area contributed by atoms with Crippen molar-refractivity contribution in [3.05, 3.63) is 32.8 Å². The fourth-order valence-corrected chi connectivity index (χ4v) is 2.88. The number of amides is 1. The number of halogens is 3. The molecule has 2 N–H and O–H groups in total. The molecule has 2 aromatic rings. The van der Waals surface area contributed by atoms with Gasteiger partial charge in [0.05, 0.1) is 0 Å². The molecule has 0 saturated heterocycles. The number of nitrogens with one attached hydrogen (secondary N) is 2. The standard InChI is InChI=1S/C13H12BrF2N3O2/c1-12(5-13(12,15)16)18-10(20)8-3-6-7(14)4-19(2)11(21)9(6)17-8/h3-4,17H,5H2,1-2H3,(H,18,20). The molecule has 2 aromatic heterocycles. The highest BCUT2D eigenvalue weighted by Gasteiger charge is 2.69. The van der Waals surface area contributed by atoms with Gasteiger partial charge in [-0.15, -0.1) is 0 Å². The quantitative estimate of drug-likeness (QED) is 0.862. The van der Waals surface area contributed by atoms with Crippen LogP contribution in [0.3, 0.4) is 0 Å². The number of alkyl halides is 2. The van der Waals surface area contributed by atoms with E-state index in [-0.39, 0.29) is 23.2 Å². The second-order valence-electron chi connectivity index (χ2n) is 5.53. The molecule has 3 rings (SSSR count). The van der Waals surface area contributed by atoms with Crippen molar-refractivity contribution < 1.29 is 13.6 Å². The number of rotatable bonds is 2. The lowest BCUT2D eigenvalue weighted by atomic mass is 10.2. The number of carbonyl (C=O) groups is 1. The topological polar surface area (TPSA) is 66.9 Å². The Morgan fingerprint density at radius 2 is 2.14 bits per heavy atom. The Hall–Kier alpha value is -1.70. The molecule has 112 valence electrons. The number of pyridine rings is 1. The molecule has 1 fully saturated rings. The van der Waals surface area contributed by atoms with E-state index in [1.165, 1.54) is 17.6 Å². The maximum atomic E-state index is 13.2. The predicted molar refractivity (Wildman–Crippen MR) is 76.7 cm³/mol. The SMILES string of the molecule is Cn1cc(Br)c2cc(C(=O)NC3(C)CC3(F)F)[nH]c2c1=O. The molecule has 0 aliphatic heterocycles. The highest BCUT2D eigenvalue weighted by atomic mass is 79.9. The molecule has 1 unspecified atom stereocenters. The van der Waals surface area contributed by atoms with E-state index < -0.39 is 17.4 Å². The number of hydrogen-bond acceptors (Lipinski definition) is 2. The van der Waals surface area contributed by atoms with Crippen LogP contribution in [0.25, 0.3) is 10.9 Å². The predicted octanol–water partition coefficient (Wildman–Crippen LogP) is 2.16. The Balaban J connectivity index is 1.99. The lowest BCUT2D eigenvalue weighted by molar-refractivity contribution is 0.0709. The summed E-state index contributed by atoms with van der Waals surface area (Å²) in [5.41, 5.74) is -1.47. The Morgan fingerprint density at radius 1 is 1.52 bits per heavy atom. The Bertz CT molecular complexity index is 827. The zero-order valence-electron chi connectivity index (χ0n) is 11.3. The average Bonchev–Trinajstić information content (AvgIpc) is 2.77. The number of aryl methyl sites for hydroxylation is 1. The van der Waals surface area contributed by atoms with Crippen molar-refractivity contribution in [2.45, 2.75) is 24.8 Å². The molecule has 0 spiro atoms. The van der Waals surface area contributed by atoms with Gasteiger partial charge in [-0.25, -0.2) is 8.78 Å². The Kier molecular flexibility index (Phi) is 2.82. The van der Waals surface area contributed by atoms with Crippen LogP contribution in [0, 0.1) is 0 Å². The second-order valence-corrected chi connectivity index (χ2v) is 6.39. The van der Waals surface area contributed by atoms with Crippen LogP contribution in [0.2, 0.25) is 0 Å². The van der Waals surface area contributed by atoms with Crippen LogP contribution in [-0.4, -0.2) is 26.9 Å². The van der Waals surface area contributed by atoms with Crippen molar-refractivity contribution in [1.82, 2.24) is 14.9 Å². The van der Waals surface area contributed by atoms with Gasteiger partial charge in [-0.1, -0.05) is 0 Å². The summed E-state index contributed by atoms with van der Waals surface area (Å²) in [5, 5.41) is 2.84. The summed E-state index contributed by atoms with van der Waals surface area (Å²) in [7, 11) is 1.58. The number of carbonyl (C=O) groups excluding carboxylic acids is 1. The van der Waals surface area contributed by atoms with Crippen molar-refractivity contribution in [3.8, 4) is 0 Å². The number of H-pyrrole nitrogens is 1. The first-order valence-electron chi connectivity index (χ1n) is 6.23. The van der Waals surface area contributed by atoms with Gasteiger partial charge in [0.15, 0.2) is 0 Å². The molecule has 1 aliphatic carbocycles. The number of fused-ring (bicyclic) bond motifs is 1. The molecule has 1 saturated carbocycles. The van der Waals surface area contributed by atoms with Gasteiger partial charge in [0, 0.05) is 29.5 Å². The maximum absolute atomic E-state index is 13.2. The number of aromatic nitrogens is 2. The molecule has 1 aliphatic rings. The normalized spacial score (nSPS) is 23.3. The summed E-state index contributed by atoms with van der Waals surface area (Å²) >= 11 is 3.30. The van der Waals surface area contributed by atoms with Crippen molar-refractivity contribution in [1.29, 1.82) is 0 Å². The fraction of sp³-hybridized carbons (Fsp3) is 0.385. The van der Waals surface area contributed by atoms with Gasteiger partial charge in [0.2, 0.25) is 0 Å². The lowest BCUT2D eigenvalue weighted by Gasteiger charge is -2.11. The summed E-state index contributed by atoms with van der Waals surface area (Å²) in [5.74, 6) is -3.54. The third-order valence-electron chi connectivity index (χ3n) is 3.81. The van der Waals surface area contributed by atoms with Crippen molar-refractivity contribution in [3.63, 3.8) is 0 Å². The first-order valence-corrected chi connectivity index (χ1v) is 7.02. The van der Waals surface area contributed by atoms with E-state index >= 15 is 0 Å². The van der Waals surface area contributed by atoms with Gasteiger partial charge >= 0.3 is 0 Å². The monoisotopic (exact) mass is 359 g/mol. The summed E-state index contributed by atoms with van der Waals surface area (Å²) < 4.78 is 28.3. The highest BCUT2D eigenvalue weighted by molar-refractivity contribution is 9.10. The first-order chi connectivity index (χ1) is 9.64. The number of aromatic amines is 1. The van der Waals surface area contributed by atoms with Crippen molar-refractivity contribution in [2.24, 2.45) is 7.05 Å². The third kappa shape index (κ3) is 2.08. The van der Waals surface area contributed by atoms with E-state index in [1.54, 1.807) is 13.2 Å². The van der Waals surface area contributed by atoms with Crippen molar-refractivity contribution in [2.75, 3.05) is 0 Å². The van der Waals surface area contributed by atoms with Gasteiger partial charge in [0.25, 0.3) is 17.4 Å². The molecule has 5 nitrogen and oxygen atoms in total. The maximum Gasteiger partial charge on any atom is 0.274 e. The van der Waals surface area contributed by atoms with Crippen LogP contribution in [0.15, 0.2) is 21.5 Å². The summed E-state index contributed by atoms with van der Waals surface area (Å²) in [6, 6.07) is 1.47. The van der Waals surface area contributed by atoms with Gasteiger partial charge in [-0.2, -0.15) is 0 Å². The zero-order chi connectivity index (χ0) is 15.6. The minimum atomic E-state index is -2.88. The van der Waals surface area contributed by atoms with E-state index in [9.17, 15) is 18.4 Å². The van der Waals surface area contributed by atoms with Gasteiger partial charge < -0.3 is 14.9 Å². The van der Waals surface area contributed by atoms with E-state index in [0.717, 1.165) is 0 Å². The van der Waals surface area contributed by atoms with Crippen LogP contribution in [0.5, 0.6) is 0 Å². The fourth-order valence-electron chi connectivity index (χ4n) is 2.26. The zero-order valence-corrected chi connectivity index (χ0v) is 12.8. The Labute approximate surface area is 126 Å². The van der Waals surface area contributed by atoms with Crippen LogP contribution in [-0.2, 0) is 7.05 Å². The van der Waals surface area contributed by atoms with E-state index in [2.05, 4.69) is 26.2 Å². The summed E-state index contributed by atoms with van der Waals surface area (Å²) in [6.45, 7) is 1.29. The van der Waals surface area contributed by atoms with Gasteiger partial charge in [-0.3, -0.25) is 9.59 Å². The average molecular weight is 360 g/mol. The van der Waals surface area contributed by atoms with Crippen LogP contribution >= 0.6 is 15.9 Å². The molecule has 0 radical (unpaired) electrons. The largest absolute Gasteiger partial charge is 0.346 e. The van der Waals surface area contributed by atoms with Gasteiger partial charge in [-0.05, 0) is 28.9 Å². The van der Waals surface area contributed by atoms with Crippen molar-refractivity contribution >= 4 is 32.7 Å². The molecule has 8 heteroatoms. The Morgan fingerprint density at radius 3 is 2.71 bits per heavy atom. The summed E-state index contributed by atoms with van der Waals surface area (Å²) in [6.07, 6.45) is 1.20. The minimum Gasteiger partial charge on any atom is -0.346 e. The molecule has 0 bridgehead atoms. The second kappa shape index (κ2) is 4.16. The molecule has 1 atom stereocenters. The molecule has 1 amide bonds. The van der Waals surface area contributed by atoms with Crippen LogP contribution in [0.1, 0.15) is 23.8 Å². The smallest absolute Gasteiger partial charge is 0.274 e. The third-order valence-corrected chi connectivity index (χ3v) is 4.44. The number of nitrogens with zero attached hydrogens (tertiary/aromatic N) is 1. The first kappa shape index (κ1) is 14.2. The molecule has 2 heterocycles. The highest BCUT2D eigenvalue weighted by Crippen LogP contribution is 2.52. The molecular formula is C13H12BrF2N3O2. The van der Waals surface area contributed by atoms with Gasteiger partial charge in [0.1, 0.15) is 16.7 Å². The molecule has 0 aromatic carbocycles. The molecule has 21 heavy (non-hydrogen) atoms. The summed E-state index contributed by atoms with van der Waals surface area (Å²) in [4.78, 5) is 26.7. The van der Waals surface area contributed by atoms with Crippen LogP contribution in [0.4, 0.5) is 8.78 Å². The van der Waals surface area contributed by atoms with E-state index in [0.29, 0.717) is 9.86 Å². The van der Waals surface area contributed by atoms with E-state index in [1.807, 2.05) is 0 Å². The van der Waals surface area contributed by atoms with E-state index in [4.69, 9.17) is 0 Å². The number of hydrogen-bond donors (Lipinski definition) is 2. The lowest BCUT2D eigenvalue weighted by Crippen LogP contribution is -2.39. The minimum absolute atomic E-state index is 0.0814. The molecular weight excluding hydrogens is 348 g/mol.